The molecule has 3 rings (SSSR count). The van der Waals surface area contributed by atoms with E-state index in [2.05, 4.69) is 20.3 Å². The van der Waals surface area contributed by atoms with E-state index in [0.717, 1.165) is 12.1 Å². The lowest BCUT2D eigenvalue weighted by molar-refractivity contribution is 0.593. The largest absolute Gasteiger partial charge is 0.396 e. The number of nitrogen functional groups attached to an aromatic ring is 1. The van der Waals surface area contributed by atoms with Gasteiger partial charge >= 0.3 is 0 Å². The minimum Gasteiger partial charge on any atom is -0.396 e. The van der Waals surface area contributed by atoms with Gasteiger partial charge in [-0.05, 0) is 24.3 Å². The number of nitrogens with zero attached hydrogens (tertiary/aromatic N) is 3. The number of benzene rings is 1. The lowest BCUT2D eigenvalue weighted by Crippen LogP contribution is -2.04. The number of nitrogens with one attached hydrogen (secondary N) is 1. The molecule has 2 aromatic heterocycles. The van der Waals surface area contributed by atoms with Gasteiger partial charge in [-0.25, -0.2) is 23.7 Å². The fourth-order valence-electron chi connectivity index (χ4n) is 1.81. The molecule has 5 nitrogen and oxygen atoms in total. The third kappa shape index (κ3) is 2.43. The smallest absolute Gasteiger partial charge is 0.172 e. The summed E-state index contributed by atoms with van der Waals surface area (Å²) in [5, 5.41) is 2.77. The van der Waals surface area contributed by atoms with E-state index in [4.69, 9.17) is 17.3 Å². The Kier molecular flexibility index (Phi) is 3.26. The quantitative estimate of drug-likeness (QED) is 0.561. The molecule has 3 aromatic rings. The van der Waals surface area contributed by atoms with Gasteiger partial charge in [0.2, 0.25) is 0 Å². The fraction of sp³-hybridized carbons (Fsp3) is 0. The molecule has 0 radical (unpaired) electrons. The van der Waals surface area contributed by atoms with Gasteiger partial charge in [-0.15, -0.1) is 0 Å². The summed E-state index contributed by atoms with van der Waals surface area (Å²) in [7, 11) is 0. The second-order valence-corrected chi connectivity index (χ2v) is 4.56. The second-order valence-electron chi connectivity index (χ2n) is 4.17. The van der Waals surface area contributed by atoms with Crippen LogP contribution in [-0.2, 0) is 0 Å². The van der Waals surface area contributed by atoms with Crippen molar-refractivity contribution in [2.45, 2.75) is 0 Å². The zero-order chi connectivity index (χ0) is 15.0. The van der Waals surface area contributed by atoms with E-state index in [1.165, 1.54) is 6.33 Å². The molecule has 0 spiro atoms. The molecular weight excluding hydrogens is 300 g/mol. The van der Waals surface area contributed by atoms with Crippen LogP contribution in [0.4, 0.5) is 26.0 Å². The van der Waals surface area contributed by atoms with E-state index < -0.39 is 17.3 Å². The molecular formula is C13H8ClF2N5. The summed E-state index contributed by atoms with van der Waals surface area (Å²) in [5.74, 6) is -1.56. The molecule has 0 bridgehead atoms. The summed E-state index contributed by atoms with van der Waals surface area (Å²) in [6.45, 7) is 0. The number of aromatic nitrogens is 3. The zero-order valence-corrected chi connectivity index (χ0v) is 11.2. The van der Waals surface area contributed by atoms with Crippen molar-refractivity contribution >= 4 is 39.8 Å². The van der Waals surface area contributed by atoms with Crippen molar-refractivity contribution in [2.75, 3.05) is 11.1 Å². The summed E-state index contributed by atoms with van der Waals surface area (Å²) < 4.78 is 27.7. The van der Waals surface area contributed by atoms with Crippen molar-refractivity contribution in [3.05, 3.63) is 47.4 Å². The van der Waals surface area contributed by atoms with Crippen LogP contribution >= 0.6 is 11.6 Å². The first-order chi connectivity index (χ1) is 10.1. The Bertz CT molecular complexity index is 840. The maximum atomic E-state index is 13.9. The van der Waals surface area contributed by atoms with Gasteiger partial charge in [0.25, 0.3) is 0 Å². The van der Waals surface area contributed by atoms with Crippen molar-refractivity contribution < 1.29 is 8.78 Å². The highest BCUT2D eigenvalue weighted by atomic mass is 35.5. The van der Waals surface area contributed by atoms with Crippen LogP contribution in [0.5, 0.6) is 0 Å². The molecule has 0 atom stereocenters. The maximum absolute atomic E-state index is 13.9. The van der Waals surface area contributed by atoms with Crippen molar-refractivity contribution in [2.24, 2.45) is 0 Å². The molecule has 0 aliphatic carbocycles. The number of fused-ring (bicyclic) bond motifs is 1. The van der Waals surface area contributed by atoms with E-state index in [9.17, 15) is 8.78 Å². The van der Waals surface area contributed by atoms with Crippen molar-refractivity contribution in [1.29, 1.82) is 0 Å². The molecule has 0 aliphatic heterocycles. The van der Waals surface area contributed by atoms with Crippen molar-refractivity contribution in [3.63, 3.8) is 0 Å². The summed E-state index contributed by atoms with van der Waals surface area (Å²) in [5.41, 5.74) is 5.63. The Morgan fingerprint density at radius 2 is 1.90 bits per heavy atom. The van der Waals surface area contributed by atoms with E-state index in [-0.39, 0.29) is 16.7 Å². The van der Waals surface area contributed by atoms with Crippen LogP contribution in [-0.4, -0.2) is 15.0 Å². The van der Waals surface area contributed by atoms with Crippen LogP contribution < -0.4 is 11.1 Å². The van der Waals surface area contributed by atoms with E-state index in [1.807, 2.05) is 0 Å². The molecule has 21 heavy (non-hydrogen) atoms. The lowest BCUT2D eigenvalue weighted by Gasteiger charge is -2.10. The molecule has 0 fully saturated rings. The normalized spacial score (nSPS) is 10.8. The first-order valence-electron chi connectivity index (χ1n) is 5.84. The highest BCUT2D eigenvalue weighted by Crippen LogP contribution is 2.28. The number of nitrogens with two attached hydrogens (primary N) is 1. The number of pyridine rings is 1. The van der Waals surface area contributed by atoms with Gasteiger partial charge in [0.05, 0.1) is 11.2 Å². The minimum absolute atomic E-state index is 0.130. The van der Waals surface area contributed by atoms with Crippen molar-refractivity contribution in [1.82, 2.24) is 15.0 Å². The van der Waals surface area contributed by atoms with Gasteiger partial charge in [-0.3, -0.25) is 0 Å². The first kappa shape index (κ1) is 13.4. The van der Waals surface area contributed by atoms with Crippen LogP contribution in [0.1, 0.15) is 0 Å². The number of halogens is 3. The predicted molar refractivity (Wildman–Crippen MR) is 76.4 cm³/mol. The number of rotatable bonds is 2. The Labute approximate surface area is 122 Å². The molecule has 0 saturated heterocycles. The summed E-state index contributed by atoms with van der Waals surface area (Å²) >= 11 is 5.82. The van der Waals surface area contributed by atoms with Gasteiger partial charge in [0.1, 0.15) is 28.5 Å². The topological polar surface area (TPSA) is 76.7 Å². The number of hydrogen-bond donors (Lipinski definition) is 2. The predicted octanol–water partition coefficient (Wildman–Crippen LogP) is 3.28. The molecule has 8 heteroatoms. The number of anilines is 3. The Balaban J connectivity index is 2.15. The van der Waals surface area contributed by atoms with Crippen LogP contribution in [0.3, 0.4) is 0 Å². The third-order valence-electron chi connectivity index (χ3n) is 2.81. The van der Waals surface area contributed by atoms with Gasteiger partial charge in [0.15, 0.2) is 11.6 Å². The average molecular weight is 308 g/mol. The molecule has 0 aliphatic rings. The highest BCUT2D eigenvalue weighted by molar-refractivity contribution is 6.29. The average Bonchev–Trinajstić information content (AvgIpc) is 2.48. The fourth-order valence-corrected chi connectivity index (χ4v) is 1.96. The lowest BCUT2D eigenvalue weighted by atomic mass is 10.2. The first-order valence-corrected chi connectivity index (χ1v) is 6.22. The van der Waals surface area contributed by atoms with Gasteiger partial charge in [-0.1, -0.05) is 11.6 Å². The molecule has 0 amide bonds. The van der Waals surface area contributed by atoms with Crippen LogP contribution in [0.15, 0.2) is 30.6 Å². The van der Waals surface area contributed by atoms with Crippen molar-refractivity contribution in [3.8, 4) is 0 Å². The van der Waals surface area contributed by atoms with Crippen LogP contribution in [0.25, 0.3) is 11.0 Å². The molecule has 0 saturated carbocycles. The Morgan fingerprint density at radius 3 is 2.71 bits per heavy atom. The minimum atomic E-state index is -0.899. The monoisotopic (exact) mass is 307 g/mol. The van der Waals surface area contributed by atoms with E-state index in [0.29, 0.717) is 11.0 Å². The second kappa shape index (κ2) is 5.10. The Morgan fingerprint density at radius 1 is 1.10 bits per heavy atom. The molecule has 0 unspecified atom stereocenters. The molecule has 1 aromatic carbocycles. The van der Waals surface area contributed by atoms with Gasteiger partial charge in [-0.2, -0.15) is 0 Å². The molecule has 2 heterocycles. The highest BCUT2D eigenvalue weighted by Gasteiger charge is 2.15. The summed E-state index contributed by atoms with van der Waals surface area (Å²) in [4.78, 5) is 12.0. The maximum Gasteiger partial charge on any atom is 0.172 e. The van der Waals surface area contributed by atoms with E-state index >= 15 is 0 Å². The SMILES string of the molecule is Nc1ccc(F)c(Nc2ncnc3ccc(Cl)nc23)c1F. The zero-order valence-electron chi connectivity index (χ0n) is 10.4. The molecule has 106 valence electrons. The van der Waals surface area contributed by atoms with Crippen LogP contribution in [0.2, 0.25) is 5.15 Å². The van der Waals surface area contributed by atoms with E-state index in [1.54, 1.807) is 12.1 Å². The van der Waals surface area contributed by atoms with Gasteiger partial charge < -0.3 is 11.1 Å². The Hall–Kier alpha value is -2.54. The van der Waals surface area contributed by atoms with Gasteiger partial charge in [0, 0.05) is 0 Å². The standard InChI is InChI=1S/C13H8ClF2N5/c14-9-4-3-8-12(20-9)13(19-5-18-8)21-11-6(15)1-2-7(17)10(11)16/h1-5H,17H2,(H,18,19,21). The summed E-state index contributed by atoms with van der Waals surface area (Å²) in [6.07, 6.45) is 1.25. The summed E-state index contributed by atoms with van der Waals surface area (Å²) in [6, 6.07) is 5.39. The third-order valence-corrected chi connectivity index (χ3v) is 3.02. The van der Waals surface area contributed by atoms with Crippen LogP contribution in [0, 0.1) is 11.6 Å². The molecule has 3 N–H and O–H groups in total. The number of hydrogen-bond acceptors (Lipinski definition) is 5.